The van der Waals surface area contributed by atoms with E-state index < -0.39 is 0 Å². The normalized spacial score (nSPS) is 12.0. The van der Waals surface area contributed by atoms with E-state index in [1.54, 1.807) is 6.92 Å². The topological polar surface area (TPSA) is 54.9 Å². The van der Waals surface area contributed by atoms with Crippen molar-refractivity contribution >= 4 is 23.4 Å². The molecule has 110 valence electrons. The molecule has 0 spiro atoms. The smallest absolute Gasteiger partial charge is 0.237 e. The number of amides is 1. The number of aryl methyl sites for hydroxylation is 2. The van der Waals surface area contributed by atoms with Gasteiger partial charge in [0.1, 0.15) is 16.7 Å². The van der Waals surface area contributed by atoms with Crippen LogP contribution in [0.2, 0.25) is 0 Å². The lowest BCUT2D eigenvalue weighted by Gasteiger charge is -2.12. The summed E-state index contributed by atoms with van der Waals surface area (Å²) in [5, 5.41) is 3.20. The number of carbonyl (C=O) groups excluding carboxylic acids is 1. The number of thioether (sulfide) groups is 1. The highest BCUT2D eigenvalue weighted by Gasteiger charge is 2.16. The van der Waals surface area contributed by atoms with Gasteiger partial charge >= 0.3 is 0 Å². The lowest BCUT2D eigenvalue weighted by atomic mass is 10.3. The van der Waals surface area contributed by atoms with Gasteiger partial charge in [0.05, 0.1) is 5.25 Å². The van der Waals surface area contributed by atoms with Crippen molar-refractivity contribution in [3.63, 3.8) is 0 Å². The fraction of sp³-hybridized carbons (Fsp3) is 0.267. The third-order valence-corrected chi connectivity index (χ3v) is 3.74. The Morgan fingerprint density at radius 1 is 1.24 bits per heavy atom. The van der Waals surface area contributed by atoms with Crippen molar-refractivity contribution < 1.29 is 9.18 Å². The number of carbonyl (C=O) groups is 1. The van der Waals surface area contributed by atoms with E-state index in [2.05, 4.69) is 15.3 Å². The molecule has 1 atom stereocenters. The number of nitrogens with zero attached hydrogens (tertiary/aromatic N) is 2. The van der Waals surface area contributed by atoms with Gasteiger partial charge < -0.3 is 5.32 Å². The molecule has 1 aromatic carbocycles. The summed E-state index contributed by atoms with van der Waals surface area (Å²) >= 11 is 1.37. The zero-order valence-electron chi connectivity index (χ0n) is 12.1. The van der Waals surface area contributed by atoms with Gasteiger partial charge in [-0.25, -0.2) is 14.4 Å². The van der Waals surface area contributed by atoms with Gasteiger partial charge in [-0.3, -0.25) is 4.79 Å². The predicted octanol–water partition coefficient (Wildman–Crippen LogP) is 3.35. The van der Waals surface area contributed by atoms with Crippen LogP contribution in [0.25, 0.3) is 0 Å². The van der Waals surface area contributed by atoms with E-state index in [0.29, 0.717) is 11.5 Å². The summed E-state index contributed by atoms with van der Waals surface area (Å²) < 4.78 is 12.8. The zero-order valence-corrected chi connectivity index (χ0v) is 12.9. The van der Waals surface area contributed by atoms with Crippen molar-refractivity contribution in [2.45, 2.75) is 31.0 Å². The summed E-state index contributed by atoms with van der Waals surface area (Å²) in [6, 6.07) is 7.53. The van der Waals surface area contributed by atoms with Crippen LogP contribution in [0.5, 0.6) is 0 Å². The van der Waals surface area contributed by atoms with E-state index in [9.17, 15) is 9.18 Å². The molecular formula is C15H16FN3OS. The largest absolute Gasteiger partial charge is 0.325 e. The Hall–Kier alpha value is -1.95. The molecular weight excluding hydrogens is 289 g/mol. The number of rotatable bonds is 4. The van der Waals surface area contributed by atoms with E-state index >= 15 is 0 Å². The molecule has 1 heterocycles. The highest BCUT2D eigenvalue weighted by Crippen LogP contribution is 2.23. The Labute approximate surface area is 127 Å². The predicted molar refractivity (Wildman–Crippen MR) is 81.9 cm³/mol. The van der Waals surface area contributed by atoms with Crippen molar-refractivity contribution in [2.24, 2.45) is 0 Å². The molecule has 0 saturated heterocycles. The lowest BCUT2D eigenvalue weighted by molar-refractivity contribution is -0.115. The van der Waals surface area contributed by atoms with Crippen LogP contribution in [-0.2, 0) is 4.79 Å². The number of hydrogen-bond donors (Lipinski definition) is 1. The van der Waals surface area contributed by atoms with Crippen molar-refractivity contribution in [2.75, 3.05) is 5.32 Å². The number of anilines is 1. The van der Waals surface area contributed by atoms with E-state index in [-0.39, 0.29) is 17.0 Å². The summed E-state index contributed by atoms with van der Waals surface area (Å²) in [5.74, 6) is 0.200. The maximum absolute atomic E-state index is 12.8. The maximum Gasteiger partial charge on any atom is 0.237 e. The molecule has 21 heavy (non-hydrogen) atoms. The van der Waals surface area contributed by atoms with Crippen molar-refractivity contribution in [3.8, 4) is 0 Å². The zero-order chi connectivity index (χ0) is 15.4. The van der Waals surface area contributed by atoms with Crippen LogP contribution in [-0.4, -0.2) is 21.1 Å². The first-order valence-electron chi connectivity index (χ1n) is 6.49. The van der Waals surface area contributed by atoms with Crippen LogP contribution in [0.15, 0.2) is 35.4 Å². The molecule has 2 aromatic rings. The second kappa shape index (κ2) is 6.67. The van der Waals surface area contributed by atoms with E-state index in [4.69, 9.17) is 0 Å². The number of halogens is 1. The molecule has 0 radical (unpaired) electrons. The molecule has 1 amide bonds. The molecule has 1 aromatic heterocycles. The minimum Gasteiger partial charge on any atom is -0.325 e. The van der Waals surface area contributed by atoms with E-state index in [1.165, 1.54) is 36.0 Å². The minimum atomic E-state index is -0.331. The molecule has 0 fully saturated rings. The van der Waals surface area contributed by atoms with Crippen LogP contribution in [0.1, 0.15) is 18.4 Å². The number of aromatic nitrogens is 2. The van der Waals surface area contributed by atoms with Crippen molar-refractivity contribution in [3.05, 3.63) is 47.7 Å². The first-order valence-corrected chi connectivity index (χ1v) is 7.37. The second-order valence-electron chi connectivity index (χ2n) is 4.65. The molecule has 6 heteroatoms. The summed E-state index contributed by atoms with van der Waals surface area (Å²) in [7, 11) is 0. The maximum atomic E-state index is 12.8. The van der Waals surface area contributed by atoms with Gasteiger partial charge in [0.2, 0.25) is 5.91 Å². The average Bonchev–Trinajstić information content (AvgIpc) is 2.40. The third kappa shape index (κ3) is 4.53. The lowest BCUT2D eigenvalue weighted by Crippen LogP contribution is -2.22. The molecule has 2 rings (SSSR count). The fourth-order valence-electron chi connectivity index (χ4n) is 1.76. The highest BCUT2D eigenvalue weighted by atomic mass is 32.2. The molecule has 1 N–H and O–H groups in total. The quantitative estimate of drug-likeness (QED) is 0.695. The molecule has 4 nitrogen and oxygen atoms in total. The standard InChI is InChI=1S/C15H16FN3OS/c1-9-8-14(18-11(3)17-9)21-10(2)15(20)19-13-6-4-12(16)5-7-13/h4-8,10H,1-3H3,(H,19,20)/t10-/m0/s1. The van der Waals surface area contributed by atoms with Gasteiger partial charge in [0.25, 0.3) is 0 Å². The number of nitrogens with one attached hydrogen (secondary N) is 1. The molecule has 0 bridgehead atoms. The first kappa shape index (κ1) is 15.4. The Balaban J connectivity index is 2.00. The van der Waals surface area contributed by atoms with Gasteiger partial charge in [-0.2, -0.15) is 0 Å². The summed E-state index contributed by atoms with van der Waals surface area (Å²) in [6.45, 7) is 5.51. The Bertz CT molecular complexity index is 626. The number of hydrogen-bond acceptors (Lipinski definition) is 4. The van der Waals surface area contributed by atoms with Crippen LogP contribution in [0.4, 0.5) is 10.1 Å². The van der Waals surface area contributed by atoms with Crippen LogP contribution < -0.4 is 5.32 Å². The van der Waals surface area contributed by atoms with Crippen molar-refractivity contribution in [1.82, 2.24) is 9.97 Å². The van der Waals surface area contributed by atoms with Gasteiger partial charge in [0.15, 0.2) is 0 Å². The Morgan fingerprint density at radius 3 is 2.52 bits per heavy atom. The summed E-state index contributed by atoms with van der Waals surface area (Å²) in [5.41, 5.74) is 1.44. The van der Waals surface area contributed by atoms with Crippen LogP contribution in [0.3, 0.4) is 0 Å². The SMILES string of the molecule is Cc1cc(S[C@@H](C)C(=O)Nc2ccc(F)cc2)nc(C)n1. The fourth-order valence-corrected chi connectivity index (χ4v) is 2.71. The van der Waals surface area contributed by atoms with Crippen LogP contribution >= 0.6 is 11.8 Å². The van der Waals surface area contributed by atoms with Gasteiger partial charge in [-0.05, 0) is 51.1 Å². The molecule has 0 saturated carbocycles. The Kier molecular flexibility index (Phi) is 4.90. The van der Waals surface area contributed by atoms with E-state index in [1.807, 2.05) is 19.9 Å². The average molecular weight is 305 g/mol. The monoisotopic (exact) mass is 305 g/mol. The molecule has 0 aliphatic rings. The minimum absolute atomic E-state index is 0.152. The summed E-state index contributed by atoms with van der Waals surface area (Å²) in [6.07, 6.45) is 0. The van der Waals surface area contributed by atoms with Gasteiger partial charge in [-0.1, -0.05) is 11.8 Å². The van der Waals surface area contributed by atoms with Crippen LogP contribution in [0, 0.1) is 19.7 Å². The highest BCUT2D eigenvalue weighted by molar-refractivity contribution is 8.00. The molecule has 0 aliphatic carbocycles. The Morgan fingerprint density at radius 2 is 1.90 bits per heavy atom. The number of benzene rings is 1. The second-order valence-corrected chi connectivity index (χ2v) is 6.01. The van der Waals surface area contributed by atoms with Gasteiger partial charge in [0, 0.05) is 11.4 Å². The van der Waals surface area contributed by atoms with Gasteiger partial charge in [-0.15, -0.1) is 0 Å². The summed E-state index contributed by atoms with van der Waals surface area (Å²) in [4.78, 5) is 20.6. The molecule has 0 aliphatic heterocycles. The molecule has 0 unspecified atom stereocenters. The van der Waals surface area contributed by atoms with E-state index in [0.717, 1.165) is 10.7 Å². The third-order valence-electron chi connectivity index (χ3n) is 2.72. The first-order chi connectivity index (χ1) is 9.94. The van der Waals surface area contributed by atoms with Crippen molar-refractivity contribution in [1.29, 1.82) is 0 Å².